The minimum Gasteiger partial charge on any atom is -0.380 e. The van der Waals surface area contributed by atoms with Gasteiger partial charge in [0.25, 0.3) is 0 Å². The predicted molar refractivity (Wildman–Crippen MR) is 69.9 cm³/mol. The van der Waals surface area contributed by atoms with E-state index >= 15 is 0 Å². The van der Waals surface area contributed by atoms with Gasteiger partial charge in [-0.15, -0.1) is 0 Å². The first-order valence-electron chi connectivity index (χ1n) is 5.51. The molecule has 0 heterocycles. The second-order valence-corrected chi connectivity index (χ2v) is 4.45. The number of halogens is 3. The summed E-state index contributed by atoms with van der Waals surface area (Å²) in [7, 11) is 0. The molecular formula is C14H12ClF2N. The smallest absolute Gasteiger partial charge is 0.131 e. The van der Waals surface area contributed by atoms with E-state index in [4.69, 9.17) is 11.6 Å². The fourth-order valence-corrected chi connectivity index (χ4v) is 1.84. The summed E-state index contributed by atoms with van der Waals surface area (Å²) < 4.78 is 26.9. The molecule has 0 spiro atoms. The first-order chi connectivity index (χ1) is 8.58. The van der Waals surface area contributed by atoms with E-state index in [1.54, 1.807) is 12.1 Å². The number of anilines is 1. The molecule has 4 heteroatoms. The van der Waals surface area contributed by atoms with Crippen molar-refractivity contribution in [1.82, 2.24) is 0 Å². The summed E-state index contributed by atoms with van der Waals surface area (Å²) in [6.45, 7) is 1.98. The highest BCUT2D eigenvalue weighted by molar-refractivity contribution is 6.30. The van der Waals surface area contributed by atoms with Crippen molar-refractivity contribution < 1.29 is 8.78 Å². The lowest BCUT2D eigenvalue weighted by atomic mass is 10.1. The van der Waals surface area contributed by atoms with Gasteiger partial charge in [-0.05, 0) is 36.8 Å². The van der Waals surface area contributed by atoms with Crippen molar-refractivity contribution in [2.45, 2.75) is 13.5 Å². The highest BCUT2D eigenvalue weighted by Crippen LogP contribution is 2.21. The highest BCUT2D eigenvalue weighted by atomic mass is 35.5. The molecule has 0 amide bonds. The van der Waals surface area contributed by atoms with Crippen molar-refractivity contribution in [3.05, 3.63) is 64.2 Å². The lowest BCUT2D eigenvalue weighted by Crippen LogP contribution is -2.05. The molecule has 0 bridgehead atoms. The lowest BCUT2D eigenvalue weighted by molar-refractivity contribution is 0.560. The Morgan fingerprint density at radius 3 is 2.44 bits per heavy atom. The van der Waals surface area contributed by atoms with Crippen LogP contribution in [0.2, 0.25) is 5.02 Å². The van der Waals surface area contributed by atoms with Crippen LogP contribution in [0.4, 0.5) is 14.5 Å². The van der Waals surface area contributed by atoms with Gasteiger partial charge >= 0.3 is 0 Å². The topological polar surface area (TPSA) is 12.0 Å². The van der Waals surface area contributed by atoms with Crippen LogP contribution in [0.3, 0.4) is 0 Å². The molecule has 0 aliphatic rings. The third-order valence-electron chi connectivity index (χ3n) is 2.72. The number of benzene rings is 2. The largest absolute Gasteiger partial charge is 0.380 e. The molecule has 0 aliphatic carbocycles. The standard InChI is InChI=1S/C14H12ClF2N/c1-9-5-6-10(15)7-14(9)18-8-11-12(16)3-2-4-13(11)17/h2-7,18H,8H2,1H3. The van der Waals surface area contributed by atoms with Gasteiger partial charge in [0.15, 0.2) is 0 Å². The third-order valence-corrected chi connectivity index (χ3v) is 2.95. The van der Waals surface area contributed by atoms with Gasteiger partial charge in [-0.1, -0.05) is 23.7 Å². The Kier molecular flexibility index (Phi) is 3.82. The third kappa shape index (κ3) is 2.79. The van der Waals surface area contributed by atoms with Gasteiger partial charge in [-0.25, -0.2) is 8.78 Å². The van der Waals surface area contributed by atoms with Crippen LogP contribution in [0.25, 0.3) is 0 Å². The van der Waals surface area contributed by atoms with Crippen molar-refractivity contribution in [2.24, 2.45) is 0 Å². The van der Waals surface area contributed by atoms with E-state index in [0.717, 1.165) is 11.3 Å². The average molecular weight is 268 g/mol. The Morgan fingerprint density at radius 1 is 1.11 bits per heavy atom. The normalized spacial score (nSPS) is 10.4. The van der Waals surface area contributed by atoms with E-state index in [0.29, 0.717) is 5.02 Å². The summed E-state index contributed by atoms with van der Waals surface area (Å²) in [4.78, 5) is 0. The number of nitrogens with one attached hydrogen (secondary N) is 1. The van der Waals surface area contributed by atoms with Crippen LogP contribution < -0.4 is 5.32 Å². The Balaban J connectivity index is 2.19. The molecule has 0 unspecified atom stereocenters. The van der Waals surface area contributed by atoms with Crippen LogP contribution >= 0.6 is 11.6 Å². The van der Waals surface area contributed by atoms with E-state index in [9.17, 15) is 8.78 Å². The zero-order valence-electron chi connectivity index (χ0n) is 9.81. The number of hydrogen-bond acceptors (Lipinski definition) is 1. The molecule has 2 aromatic carbocycles. The zero-order valence-corrected chi connectivity index (χ0v) is 10.6. The van der Waals surface area contributed by atoms with Gasteiger partial charge in [0.2, 0.25) is 0 Å². The van der Waals surface area contributed by atoms with Crippen LogP contribution in [-0.4, -0.2) is 0 Å². The molecule has 2 aromatic rings. The highest BCUT2D eigenvalue weighted by Gasteiger charge is 2.08. The Bertz CT molecular complexity index is 549. The molecule has 94 valence electrons. The lowest BCUT2D eigenvalue weighted by Gasteiger charge is -2.11. The van der Waals surface area contributed by atoms with Crippen LogP contribution in [0, 0.1) is 18.6 Å². The number of rotatable bonds is 3. The Hall–Kier alpha value is -1.61. The Labute approximate surface area is 109 Å². The van der Waals surface area contributed by atoms with Gasteiger partial charge in [-0.2, -0.15) is 0 Å². The summed E-state index contributed by atoms with van der Waals surface area (Å²) in [6, 6.07) is 9.18. The van der Waals surface area contributed by atoms with Crippen LogP contribution in [0.15, 0.2) is 36.4 Å². The number of aryl methyl sites for hydroxylation is 1. The van der Waals surface area contributed by atoms with E-state index in [1.807, 2.05) is 13.0 Å². The summed E-state index contributed by atoms with van der Waals surface area (Å²) in [5.74, 6) is -1.11. The summed E-state index contributed by atoms with van der Waals surface area (Å²) >= 11 is 5.87. The van der Waals surface area contributed by atoms with E-state index in [-0.39, 0.29) is 12.1 Å². The predicted octanol–water partition coefficient (Wildman–Crippen LogP) is 4.54. The molecule has 0 saturated carbocycles. The summed E-state index contributed by atoms with van der Waals surface area (Å²) in [5, 5.41) is 3.57. The monoisotopic (exact) mass is 267 g/mol. The molecule has 2 rings (SSSR count). The van der Waals surface area contributed by atoms with Gasteiger partial charge in [0.1, 0.15) is 11.6 Å². The Morgan fingerprint density at radius 2 is 1.78 bits per heavy atom. The maximum atomic E-state index is 13.4. The van der Waals surface area contributed by atoms with Crippen molar-refractivity contribution >= 4 is 17.3 Å². The molecule has 1 N–H and O–H groups in total. The molecule has 0 aliphatic heterocycles. The van der Waals surface area contributed by atoms with Crippen molar-refractivity contribution in [3.63, 3.8) is 0 Å². The van der Waals surface area contributed by atoms with Gasteiger partial charge < -0.3 is 5.32 Å². The van der Waals surface area contributed by atoms with E-state index in [1.165, 1.54) is 18.2 Å². The molecular weight excluding hydrogens is 256 g/mol. The van der Waals surface area contributed by atoms with Crippen molar-refractivity contribution in [1.29, 1.82) is 0 Å². The summed E-state index contributed by atoms with van der Waals surface area (Å²) in [6.07, 6.45) is 0. The summed E-state index contributed by atoms with van der Waals surface area (Å²) in [5.41, 5.74) is 1.76. The molecule has 0 fully saturated rings. The molecule has 0 radical (unpaired) electrons. The van der Waals surface area contributed by atoms with E-state index < -0.39 is 11.6 Å². The average Bonchev–Trinajstić information content (AvgIpc) is 2.33. The quantitative estimate of drug-likeness (QED) is 0.861. The van der Waals surface area contributed by atoms with Crippen molar-refractivity contribution in [3.8, 4) is 0 Å². The van der Waals surface area contributed by atoms with Crippen LogP contribution in [0.5, 0.6) is 0 Å². The SMILES string of the molecule is Cc1ccc(Cl)cc1NCc1c(F)cccc1F. The van der Waals surface area contributed by atoms with Gasteiger partial charge in [0, 0.05) is 22.8 Å². The zero-order chi connectivity index (χ0) is 13.1. The van der Waals surface area contributed by atoms with Gasteiger partial charge in [0.05, 0.1) is 0 Å². The molecule has 18 heavy (non-hydrogen) atoms. The second-order valence-electron chi connectivity index (χ2n) is 4.01. The van der Waals surface area contributed by atoms with Gasteiger partial charge in [-0.3, -0.25) is 0 Å². The van der Waals surface area contributed by atoms with Crippen molar-refractivity contribution in [2.75, 3.05) is 5.32 Å². The fourth-order valence-electron chi connectivity index (χ4n) is 1.67. The maximum absolute atomic E-state index is 13.4. The first-order valence-corrected chi connectivity index (χ1v) is 5.88. The van der Waals surface area contributed by atoms with E-state index in [2.05, 4.69) is 5.32 Å². The number of hydrogen-bond donors (Lipinski definition) is 1. The second kappa shape index (κ2) is 5.36. The first kappa shape index (κ1) is 12.8. The molecule has 0 atom stereocenters. The molecule has 0 saturated heterocycles. The minimum absolute atomic E-state index is 0.0249. The molecule has 1 nitrogen and oxygen atoms in total. The maximum Gasteiger partial charge on any atom is 0.131 e. The fraction of sp³-hybridized carbons (Fsp3) is 0.143. The minimum atomic E-state index is -0.554. The van der Waals surface area contributed by atoms with Crippen LogP contribution in [0.1, 0.15) is 11.1 Å². The molecule has 0 aromatic heterocycles. The van der Waals surface area contributed by atoms with Crippen LogP contribution in [-0.2, 0) is 6.54 Å².